The summed E-state index contributed by atoms with van der Waals surface area (Å²) >= 11 is 0. The van der Waals surface area contributed by atoms with Crippen molar-refractivity contribution >= 4 is 11.8 Å². The van der Waals surface area contributed by atoms with Crippen LogP contribution in [-0.4, -0.2) is 84.4 Å². The maximum absolute atomic E-state index is 12.7. The molecule has 0 unspecified atom stereocenters. The number of likely N-dealkylation sites (tertiary alicyclic amines) is 1. The zero-order chi connectivity index (χ0) is 17.3. The van der Waals surface area contributed by atoms with E-state index in [4.69, 9.17) is 0 Å². The van der Waals surface area contributed by atoms with Gasteiger partial charge >= 0.3 is 0 Å². The van der Waals surface area contributed by atoms with E-state index in [0.29, 0.717) is 25.7 Å². The molecule has 6 heteroatoms. The number of hydrogen-bond acceptors (Lipinski definition) is 4. The van der Waals surface area contributed by atoms with Crippen molar-refractivity contribution < 1.29 is 9.59 Å². The van der Waals surface area contributed by atoms with Crippen LogP contribution in [0.2, 0.25) is 0 Å². The number of rotatable bonds is 5. The highest BCUT2D eigenvalue weighted by Crippen LogP contribution is 2.36. The molecular formula is C18H32N4O2. The normalized spacial score (nSPS) is 24.7. The Morgan fingerprint density at radius 2 is 1.96 bits per heavy atom. The number of carbonyl (C=O) groups excluding carboxylic acids is 2. The summed E-state index contributed by atoms with van der Waals surface area (Å²) in [6, 6.07) is 0.364. The molecule has 24 heavy (non-hydrogen) atoms. The van der Waals surface area contributed by atoms with Crippen LogP contribution >= 0.6 is 0 Å². The zero-order valence-electron chi connectivity index (χ0n) is 15.4. The van der Waals surface area contributed by atoms with Crippen LogP contribution in [0.3, 0.4) is 0 Å². The molecule has 0 bridgehead atoms. The van der Waals surface area contributed by atoms with E-state index in [0.717, 1.165) is 38.4 Å². The van der Waals surface area contributed by atoms with Gasteiger partial charge in [-0.05, 0) is 52.5 Å². The van der Waals surface area contributed by atoms with Gasteiger partial charge in [0.25, 0.3) is 0 Å². The van der Waals surface area contributed by atoms with E-state index in [1.165, 1.54) is 12.8 Å². The summed E-state index contributed by atoms with van der Waals surface area (Å²) in [5, 5.41) is 3.07. The second-order valence-electron chi connectivity index (χ2n) is 8.07. The molecule has 2 heterocycles. The van der Waals surface area contributed by atoms with Gasteiger partial charge in [-0.25, -0.2) is 0 Å². The second-order valence-corrected chi connectivity index (χ2v) is 8.07. The van der Waals surface area contributed by atoms with Crippen molar-refractivity contribution in [3.8, 4) is 0 Å². The van der Waals surface area contributed by atoms with Crippen LogP contribution in [0.15, 0.2) is 0 Å². The molecule has 2 aliphatic heterocycles. The first-order chi connectivity index (χ1) is 11.4. The maximum atomic E-state index is 12.7. The third kappa shape index (κ3) is 3.59. The minimum absolute atomic E-state index is 0.181. The lowest BCUT2D eigenvalue weighted by atomic mass is 9.82. The Hall–Kier alpha value is -1.14. The van der Waals surface area contributed by atoms with Crippen molar-refractivity contribution in [3.63, 3.8) is 0 Å². The molecule has 0 aromatic heterocycles. The summed E-state index contributed by atoms with van der Waals surface area (Å²) in [5.74, 6) is 1.15. The minimum Gasteiger partial charge on any atom is -0.353 e. The first-order valence-corrected chi connectivity index (χ1v) is 9.44. The summed E-state index contributed by atoms with van der Waals surface area (Å²) in [4.78, 5) is 31.6. The monoisotopic (exact) mass is 336 g/mol. The van der Waals surface area contributed by atoms with E-state index in [9.17, 15) is 9.59 Å². The molecule has 0 radical (unpaired) electrons. The lowest BCUT2D eigenvalue weighted by molar-refractivity contribution is -0.147. The number of carbonyl (C=O) groups is 2. The summed E-state index contributed by atoms with van der Waals surface area (Å²) in [6.07, 6.45) is 4.14. The smallest absolute Gasteiger partial charge is 0.240 e. The van der Waals surface area contributed by atoms with Gasteiger partial charge in [-0.1, -0.05) is 0 Å². The highest BCUT2D eigenvalue weighted by atomic mass is 16.2. The molecule has 1 aliphatic carbocycles. The highest BCUT2D eigenvalue weighted by Gasteiger charge is 2.49. The van der Waals surface area contributed by atoms with Crippen LogP contribution < -0.4 is 5.32 Å². The summed E-state index contributed by atoms with van der Waals surface area (Å²) < 4.78 is 0. The third-order valence-electron chi connectivity index (χ3n) is 6.08. The van der Waals surface area contributed by atoms with Crippen molar-refractivity contribution in [3.05, 3.63) is 0 Å². The molecule has 0 aromatic carbocycles. The van der Waals surface area contributed by atoms with Gasteiger partial charge in [0.15, 0.2) is 0 Å². The minimum atomic E-state index is -0.373. The van der Waals surface area contributed by atoms with E-state index >= 15 is 0 Å². The molecule has 0 atom stereocenters. The van der Waals surface area contributed by atoms with Gasteiger partial charge in [-0.15, -0.1) is 0 Å². The van der Waals surface area contributed by atoms with E-state index < -0.39 is 0 Å². The molecule has 0 aromatic rings. The van der Waals surface area contributed by atoms with Crippen LogP contribution in [0.5, 0.6) is 0 Å². The van der Waals surface area contributed by atoms with Crippen molar-refractivity contribution in [1.82, 2.24) is 20.0 Å². The first-order valence-electron chi connectivity index (χ1n) is 9.44. The number of amides is 2. The van der Waals surface area contributed by atoms with E-state index in [-0.39, 0.29) is 17.4 Å². The topological polar surface area (TPSA) is 55.9 Å². The lowest BCUT2D eigenvalue weighted by Gasteiger charge is -2.50. The Morgan fingerprint density at radius 3 is 2.54 bits per heavy atom. The van der Waals surface area contributed by atoms with E-state index in [1.54, 1.807) is 0 Å². The lowest BCUT2D eigenvalue weighted by Crippen LogP contribution is -2.68. The van der Waals surface area contributed by atoms with Gasteiger partial charge in [-0.3, -0.25) is 19.4 Å². The Balaban J connectivity index is 1.60. The largest absolute Gasteiger partial charge is 0.353 e. The Kier molecular flexibility index (Phi) is 5.16. The van der Waals surface area contributed by atoms with Gasteiger partial charge in [0, 0.05) is 38.8 Å². The van der Waals surface area contributed by atoms with Gasteiger partial charge in [0.2, 0.25) is 11.8 Å². The predicted molar refractivity (Wildman–Crippen MR) is 93.6 cm³/mol. The zero-order valence-corrected chi connectivity index (χ0v) is 15.4. The molecule has 2 amide bonds. The fraction of sp³-hybridized carbons (Fsp3) is 0.889. The maximum Gasteiger partial charge on any atom is 0.240 e. The second kappa shape index (κ2) is 7.00. The number of piperidine rings is 1. The average molecular weight is 336 g/mol. The van der Waals surface area contributed by atoms with Crippen LogP contribution in [-0.2, 0) is 9.59 Å². The fourth-order valence-electron chi connectivity index (χ4n) is 3.87. The highest BCUT2D eigenvalue weighted by molar-refractivity contribution is 5.88. The van der Waals surface area contributed by atoms with Gasteiger partial charge < -0.3 is 10.2 Å². The summed E-state index contributed by atoms with van der Waals surface area (Å²) in [5.41, 5.74) is -0.373. The quantitative estimate of drug-likeness (QED) is 0.796. The molecular weight excluding hydrogens is 304 g/mol. The van der Waals surface area contributed by atoms with Crippen molar-refractivity contribution in [2.24, 2.45) is 5.92 Å². The molecule has 6 nitrogen and oxygen atoms in total. The van der Waals surface area contributed by atoms with Gasteiger partial charge in [-0.2, -0.15) is 0 Å². The summed E-state index contributed by atoms with van der Waals surface area (Å²) in [6.45, 7) is 8.81. The molecule has 136 valence electrons. The Bertz CT molecular complexity index is 481. The number of likely N-dealkylation sites (N-methyl/N-ethyl adjacent to an activating group) is 1. The van der Waals surface area contributed by atoms with Crippen molar-refractivity contribution in [2.75, 3.05) is 46.3 Å². The van der Waals surface area contributed by atoms with Crippen molar-refractivity contribution in [1.29, 1.82) is 0 Å². The number of piperazine rings is 1. The van der Waals surface area contributed by atoms with Crippen LogP contribution in [0.25, 0.3) is 0 Å². The van der Waals surface area contributed by atoms with E-state index in [1.807, 2.05) is 11.9 Å². The van der Waals surface area contributed by atoms with Crippen LogP contribution in [0.4, 0.5) is 0 Å². The molecule has 3 fully saturated rings. The van der Waals surface area contributed by atoms with Crippen LogP contribution in [0, 0.1) is 5.92 Å². The standard InChI is InChI=1S/C18H32N4O2/c1-14(2)20(3)13-16(23)21-9-6-18(7-10-21)17(24)19-8-11-22(18)12-15-4-5-15/h14-15H,4-13H2,1-3H3,(H,19,24). The van der Waals surface area contributed by atoms with Gasteiger partial charge in [0.05, 0.1) is 6.54 Å². The molecule has 1 spiro atoms. The number of hydrogen-bond donors (Lipinski definition) is 1. The summed E-state index contributed by atoms with van der Waals surface area (Å²) in [7, 11) is 1.99. The predicted octanol–water partition coefficient (Wildman–Crippen LogP) is 0.530. The molecule has 3 aliphatic rings. The SMILES string of the molecule is CC(C)N(C)CC(=O)N1CCC2(CC1)C(=O)NCCN2CC1CC1. The Labute approximate surface area is 145 Å². The van der Waals surface area contributed by atoms with Crippen molar-refractivity contribution in [2.45, 2.75) is 51.1 Å². The molecule has 2 saturated heterocycles. The molecule has 3 rings (SSSR count). The molecule has 1 N–H and O–H groups in total. The van der Waals surface area contributed by atoms with Gasteiger partial charge in [0.1, 0.15) is 5.54 Å². The molecule has 1 saturated carbocycles. The number of nitrogens with zero attached hydrogens (tertiary/aromatic N) is 3. The average Bonchev–Trinajstić information content (AvgIpc) is 3.36. The fourth-order valence-corrected chi connectivity index (χ4v) is 3.87. The number of nitrogens with one attached hydrogen (secondary N) is 1. The Morgan fingerprint density at radius 1 is 1.29 bits per heavy atom. The van der Waals surface area contributed by atoms with E-state index in [2.05, 4.69) is 29.0 Å². The third-order valence-corrected chi connectivity index (χ3v) is 6.08. The first kappa shape index (κ1) is 17.7. The van der Waals surface area contributed by atoms with Crippen LogP contribution in [0.1, 0.15) is 39.5 Å².